The minimum Gasteiger partial charge on any atom is -0.481 e. The number of nitrogens with one attached hydrogen (secondary N) is 3. The highest BCUT2D eigenvalue weighted by atomic mass is 16.4. The molecular weight excluding hydrogens is 494 g/mol. The maximum absolute atomic E-state index is 12.4. The highest BCUT2D eigenvalue weighted by Crippen LogP contribution is 2.25. The summed E-state index contributed by atoms with van der Waals surface area (Å²) >= 11 is 0. The van der Waals surface area contributed by atoms with Crippen molar-refractivity contribution < 1.29 is 24.6 Å². The molecule has 0 bridgehead atoms. The molecule has 0 saturated heterocycles. The summed E-state index contributed by atoms with van der Waals surface area (Å²) in [6.45, 7) is 12.4. The number of carboxylic acid groups (broad SMARTS) is 1. The molecule has 0 aromatic heterocycles. The van der Waals surface area contributed by atoms with E-state index in [2.05, 4.69) is 53.7 Å². The highest BCUT2D eigenvalue weighted by Gasteiger charge is 2.10. The van der Waals surface area contributed by atoms with Crippen molar-refractivity contribution in [2.75, 3.05) is 24.3 Å². The Bertz CT molecular complexity index is 1250. The molecule has 3 aromatic carbocycles. The Morgan fingerprint density at radius 2 is 1.44 bits per heavy atom. The van der Waals surface area contributed by atoms with Gasteiger partial charge < -0.3 is 26.2 Å². The van der Waals surface area contributed by atoms with Crippen LogP contribution in [0, 0.1) is 27.7 Å². The topological polar surface area (TPSA) is 128 Å². The van der Waals surface area contributed by atoms with Crippen LogP contribution < -0.4 is 16.0 Å². The molecule has 3 amide bonds. The molecule has 0 aliphatic carbocycles. The zero-order chi connectivity index (χ0) is 29.4. The number of carboxylic acids is 1. The number of aliphatic hydroxyl groups is 1. The lowest BCUT2D eigenvalue weighted by Gasteiger charge is -2.15. The van der Waals surface area contributed by atoms with Crippen LogP contribution in [0.15, 0.2) is 60.7 Å². The average molecular weight is 536 g/mol. The van der Waals surface area contributed by atoms with Crippen molar-refractivity contribution in [3.05, 3.63) is 82.9 Å². The predicted octanol–water partition coefficient (Wildman–Crippen LogP) is 6.26. The number of carbonyl (C=O) groups excluding carboxylic acids is 2. The fourth-order valence-corrected chi connectivity index (χ4v) is 4.06. The van der Waals surface area contributed by atoms with Crippen molar-refractivity contribution in [1.82, 2.24) is 5.32 Å². The summed E-state index contributed by atoms with van der Waals surface area (Å²) in [6.07, 6.45) is 2.88. The van der Waals surface area contributed by atoms with Crippen LogP contribution in [0.1, 0.15) is 47.9 Å². The molecule has 39 heavy (non-hydrogen) atoms. The Morgan fingerprint density at radius 3 is 2.00 bits per heavy atom. The van der Waals surface area contributed by atoms with Gasteiger partial charge in [-0.2, -0.15) is 0 Å². The molecular formula is C31H41N3O5. The molecule has 0 saturated carbocycles. The number of rotatable bonds is 10. The van der Waals surface area contributed by atoms with Crippen LogP contribution in [-0.4, -0.2) is 42.3 Å². The molecule has 5 N–H and O–H groups in total. The van der Waals surface area contributed by atoms with Crippen molar-refractivity contribution >= 4 is 40.6 Å². The van der Waals surface area contributed by atoms with Gasteiger partial charge in [-0.25, -0.2) is 4.79 Å². The Balaban J connectivity index is 0.000000433. The molecule has 3 aromatic rings. The van der Waals surface area contributed by atoms with Gasteiger partial charge in [0.25, 0.3) is 0 Å². The Morgan fingerprint density at radius 1 is 0.846 bits per heavy atom. The average Bonchev–Trinajstić information content (AvgIpc) is 2.88. The van der Waals surface area contributed by atoms with Crippen LogP contribution in [0.4, 0.5) is 16.2 Å². The lowest BCUT2D eigenvalue weighted by atomic mass is 10.1. The summed E-state index contributed by atoms with van der Waals surface area (Å²) in [7, 11) is 1.00. The molecule has 0 radical (unpaired) electrons. The van der Waals surface area contributed by atoms with E-state index in [9.17, 15) is 14.4 Å². The number of aliphatic carboxylic acids is 1. The van der Waals surface area contributed by atoms with Gasteiger partial charge in [-0.3, -0.25) is 9.59 Å². The Hall–Kier alpha value is -4.17. The van der Waals surface area contributed by atoms with E-state index in [-0.39, 0.29) is 12.5 Å². The lowest BCUT2D eigenvalue weighted by molar-refractivity contribution is -0.137. The second-order valence-corrected chi connectivity index (χ2v) is 9.19. The first-order valence-corrected chi connectivity index (χ1v) is 12.8. The summed E-state index contributed by atoms with van der Waals surface area (Å²) in [4.78, 5) is 32.5. The zero-order valence-electron chi connectivity index (χ0n) is 23.6. The van der Waals surface area contributed by atoms with Crippen molar-refractivity contribution in [2.45, 2.75) is 53.4 Å². The number of hydrogen-bond donors (Lipinski definition) is 5. The second kappa shape index (κ2) is 17.4. The molecule has 3 rings (SSSR count). The molecule has 8 heteroatoms. The van der Waals surface area contributed by atoms with Gasteiger partial charge in [0, 0.05) is 31.5 Å². The summed E-state index contributed by atoms with van der Waals surface area (Å²) in [5.74, 6) is -0.779. The van der Waals surface area contributed by atoms with Crippen LogP contribution in [0.5, 0.6) is 0 Å². The summed E-state index contributed by atoms with van der Waals surface area (Å²) in [5.41, 5.74) is 7.05. The third-order valence-electron chi connectivity index (χ3n) is 5.88. The SMILES string of the molecule is C=C(CCCC(=O)O)CCNC=O.CO.Cc1cc(C)c(NC(=O)Nc2cc3ccccc3cc2C)c(C)c1. The highest BCUT2D eigenvalue weighted by molar-refractivity contribution is 6.02. The Kier molecular flexibility index (Phi) is 14.6. The summed E-state index contributed by atoms with van der Waals surface area (Å²) in [6, 6.07) is 16.2. The number of aryl methyl sites for hydroxylation is 4. The van der Waals surface area contributed by atoms with Crippen LogP contribution in [0.3, 0.4) is 0 Å². The van der Waals surface area contributed by atoms with Crippen LogP contribution in [0.25, 0.3) is 10.8 Å². The van der Waals surface area contributed by atoms with Gasteiger partial charge in [-0.15, -0.1) is 0 Å². The van der Waals surface area contributed by atoms with Crippen molar-refractivity contribution in [3.63, 3.8) is 0 Å². The first-order valence-electron chi connectivity index (χ1n) is 12.8. The molecule has 0 fully saturated rings. The second-order valence-electron chi connectivity index (χ2n) is 9.19. The van der Waals surface area contributed by atoms with Crippen molar-refractivity contribution in [2.24, 2.45) is 0 Å². The van der Waals surface area contributed by atoms with Gasteiger partial charge in [0.05, 0.1) is 0 Å². The van der Waals surface area contributed by atoms with E-state index in [4.69, 9.17) is 10.2 Å². The van der Waals surface area contributed by atoms with Gasteiger partial charge in [0.2, 0.25) is 6.41 Å². The number of fused-ring (bicyclic) bond motifs is 1. The smallest absolute Gasteiger partial charge is 0.323 e. The molecule has 8 nitrogen and oxygen atoms in total. The number of carbonyl (C=O) groups is 3. The zero-order valence-corrected chi connectivity index (χ0v) is 23.6. The van der Waals surface area contributed by atoms with E-state index in [1.807, 2.05) is 45.0 Å². The van der Waals surface area contributed by atoms with Crippen LogP contribution >= 0.6 is 0 Å². The molecule has 0 aliphatic heterocycles. The number of amides is 3. The van der Waals surface area contributed by atoms with Crippen molar-refractivity contribution in [3.8, 4) is 0 Å². The molecule has 0 spiro atoms. The fraction of sp³-hybridized carbons (Fsp3) is 0.323. The molecule has 0 aliphatic rings. The number of benzene rings is 3. The first-order chi connectivity index (χ1) is 18.6. The molecule has 0 unspecified atom stereocenters. The van der Waals surface area contributed by atoms with Gasteiger partial charge in [-0.1, -0.05) is 54.1 Å². The quantitative estimate of drug-likeness (QED) is 0.119. The number of aliphatic hydroxyl groups excluding tert-OH is 1. The molecule has 0 atom stereocenters. The van der Waals surface area contributed by atoms with Gasteiger partial charge in [-0.05, 0) is 86.6 Å². The standard InChI is InChI=1S/C21H22N2O.C9H15NO3.CH4O/c1-13-9-15(3)20(16(4)10-13)23-21(24)22-19-12-18-8-6-5-7-17(18)11-14(19)2;1-8(5-6-10-7-11)3-2-4-9(12)13;1-2/h5-12H,1-4H3,(H2,22,23,24);7H,1-6H2,(H,10,11)(H,12,13);2H,1H3. The number of anilines is 2. The number of urea groups is 1. The van der Waals surface area contributed by atoms with E-state index in [0.717, 1.165) is 52.6 Å². The van der Waals surface area contributed by atoms with E-state index in [1.165, 1.54) is 10.9 Å². The first kappa shape index (κ1) is 32.9. The van der Waals surface area contributed by atoms with E-state index >= 15 is 0 Å². The van der Waals surface area contributed by atoms with E-state index in [1.54, 1.807) is 0 Å². The molecule has 0 heterocycles. The van der Waals surface area contributed by atoms with Crippen LogP contribution in [0.2, 0.25) is 0 Å². The maximum atomic E-state index is 12.4. The normalized spacial score (nSPS) is 9.79. The Labute approximate surface area is 231 Å². The van der Waals surface area contributed by atoms with Gasteiger partial charge >= 0.3 is 12.0 Å². The lowest BCUT2D eigenvalue weighted by Crippen LogP contribution is -2.21. The third kappa shape index (κ3) is 11.8. The van der Waals surface area contributed by atoms with Crippen LogP contribution in [-0.2, 0) is 9.59 Å². The summed E-state index contributed by atoms with van der Waals surface area (Å²) in [5, 5.41) is 26.1. The minimum absolute atomic E-state index is 0.181. The van der Waals surface area contributed by atoms with E-state index in [0.29, 0.717) is 25.8 Å². The van der Waals surface area contributed by atoms with E-state index < -0.39 is 5.97 Å². The number of hydrogen-bond acceptors (Lipinski definition) is 4. The molecule has 210 valence electrons. The predicted molar refractivity (Wildman–Crippen MR) is 159 cm³/mol. The van der Waals surface area contributed by atoms with Gasteiger partial charge in [0.15, 0.2) is 0 Å². The summed E-state index contributed by atoms with van der Waals surface area (Å²) < 4.78 is 0. The minimum atomic E-state index is -0.779. The maximum Gasteiger partial charge on any atom is 0.323 e. The monoisotopic (exact) mass is 535 g/mol. The van der Waals surface area contributed by atoms with Gasteiger partial charge in [0.1, 0.15) is 0 Å². The van der Waals surface area contributed by atoms with Crippen molar-refractivity contribution in [1.29, 1.82) is 0 Å². The third-order valence-corrected chi connectivity index (χ3v) is 5.88. The fourth-order valence-electron chi connectivity index (χ4n) is 4.06. The largest absolute Gasteiger partial charge is 0.481 e.